The van der Waals surface area contributed by atoms with E-state index in [4.69, 9.17) is 22.1 Å². The fourth-order valence-corrected chi connectivity index (χ4v) is 3.14. The average molecular weight is 508 g/mol. The standard InChI is InChI=1S/C20H16BrClN4O5/c21-12-2-4-13(5-3-12)24-18(28)9-26-19(29)15(25-20(26)30)8-11-1-6-16(14(22)7-11)31-10-17(23)27/h1-8H,9-10H2,(H2,23,27)(H,24,28)(H,25,30). The Morgan fingerprint density at radius 2 is 1.90 bits per heavy atom. The zero-order valence-electron chi connectivity index (χ0n) is 15.9. The Morgan fingerprint density at radius 3 is 2.55 bits per heavy atom. The molecule has 11 heteroatoms. The van der Waals surface area contributed by atoms with Gasteiger partial charge < -0.3 is 21.1 Å². The molecule has 5 amide bonds. The molecule has 1 saturated heterocycles. The van der Waals surface area contributed by atoms with Gasteiger partial charge in [0.1, 0.15) is 18.0 Å². The predicted octanol–water partition coefficient (Wildman–Crippen LogP) is 2.50. The Bertz CT molecular complexity index is 1090. The number of nitrogens with one attached hydrogen (secondary N) is 2. The molecule has 4 N–H and O–H groups in total. The molecule has 1 aliphatic heterocycles. The number of rotatable bonds is 7. The second-order valence-corrected chi connectivity index (χ2v) is 7.70. The molecular formula is C20H16BrClN4O5. The van der Waals surface area contributed by atoms with Gasteiger partial charge in [0, 0.05) is 10.2 Å². The summed E-state index contributed by atoms with van der Waals surface area (Å²) in [6.45, 7) is -0.773. The molecule has 0 saturated carbocycles. The lowest BCUT2D eigenvalue weighted by atomic mass is 10.2. The molecule has 3 rings (SSSR count). The summed E-state index contributed by atoms with van der Waals surface area (Å²) in [6.07, 6.45) is 1.41. The van der Waals surface area contributed by atoms with Crippen molar-refractivity contribution in [3.05, 3.63) is 63.2 Å². The van der Waals surface area contributed by atoms with Gasteiger partial charge in [-0.15, -0.1) is 0 Å². The van der Waals surface area contributed by atoms with Crippen molar-refractivity contribution in [1.29, 1.82) is 0 Å². The molecule has 0 aliphatic carbocycles. The van der Waals surface area contributed by atoms with Gasteiger partial charge in [-0.1, -0.05) is 33.6 Å². The number of urea groups is 1. The van der Waals surface area contributed by atoms with E-state index in [2.05, 4.69) is 26.6 Å². The van der Waals surface area contributed by atoms with Crippen LogP contribution >= 0.6 is 27.5 Å². The molecule has 2 aromatic rings. The van der Waals surface area contributed by atoms with Crippen molar-refractivity contribution >= 4 is 63.0 Å². The minimum absolute atomic E-state index is 0.0108. The minimum atomic E-state index is -0.713. The number of imide groups is 1. The SMILES string of the molecule is NC(=O)COc1ccc(C=C2NC(=O)N(CC(=O)Nc3ccc(Br)cc3)C2=O)cc1Cl. The number of carbonyl (C=O) groups excluding carboxylic acids is 4. The van der Waals surface area contributed by atoms with Crippen LogP contribution in [0.25, 0.3) is 6.08 Å². The van der Waals surface area contributed by atoms with Gasteiger partial charge >= 0.3 is 6.03 Å². The number of nitrogens with zero attached hydrogens (tertiary/aromatic N) is 1. The van der Waals surface area contributed by atoms with Crippen LogP contribution < -0.4 is 21.1 Å². The Hall–Kier alpha value is -3.37. The fraction of sp³-hybridized carbons (Fsp3) is 0.100. The number of halogens is 2. The maximum absolute atomic E-state index is 12.6. The van der Waals surface area contributed by atoms with Gasteiger partial charge in [0.2, 0.25) is 5.91 Å². The summed E-state index contributed by atoms with van der Waals surface area (Å²) in [5, 5.41) is 5.24. The highest BCUT2D eigenvalue weighted by molar-refractivity contribution is 9.10. The van der Waals surface area contributed by atoms with E-state index in [1.165, 1.54) is 18.2 Å². The smallest absolute Gasteiger partial charge is 0.329 e. The molecule has 2 aromatic carbocycles. The number of carbonyl (C=O) groups is 4. The molecule has 9 nitrogen and oxygen atoms in total. The first-order chi connectivity index (χ1) is 14.7. The van der Waals surface area contributed by atoms with Crippen LogP contribution in [-0.4, -0.2) is 41.8 Å². The van der Waals surface area contributed by atoms with Crippen LogP contribution in [0.4, 0.5) is 10.5 Å². The van der Waals surface area contributed by atoms with Crippen molar-refractivity contribution < 1.29 is 23.9 Å². The molecular weight excluding hydrogens is 492 g/mol. The quantitative estimate of drug-likeness (QED) is 0.391. The molecule has 0 bridgehead atoms. The maximum atomic E-state index is 12.6. The van der Waals surface area contributed by atoms with Crippen molar-refractivity contribution in [2.75, 3.05) is 18.5 Å². The first kappa shape index (κ1) is 22.3. The van der Waals surface area contributed by atoms with Gasteiger partial charge in [-0.05, 0) is 48.0 Å². The van der Waals surface area contributed by atoms with E-state index in [0.29, 0.717) is 11.3 Å². The highest BCUT2D eigenvalue weighted by Gasteiger charge is 2.34. The van der Waals surface area contributed by atoms with Gasteiger partial charge in [0.05, 0.1) is 5.02 Å². The topological polar surface area (TPSA) is 131 Å². The van der Waals surface area contributed by atoms with Gasteiger partial charge in [0.25, 0.3) is 11.8 Å². The van der Waals surface area contributed by atoms with Crippen LogP contribution in [0.3, 0.4) is 0 Å². The molecule has 31 heavy (non-hydrogen) atoms. The van der Waals surface area contributed by atoms with E-state index in [9.17, 15) is 19.2 Å². The number of hydrogen-bond acceptors (Lipinski definition) is 5. The summed E-state index contributed by atoms with van der Waals surface area (Å²) in [4.78, 5) is 48.5. The number of benzene rings is 2. The fourth-order valence-electron chi connectivity index (χ4n) is 2.63. The van der Waals surface area contributed by atoms with Crippen molar-refractivity contribution in [3.8, 4) is 5.75 Å². The minimum Gasteiger partial charge on any atom is -0.482 e. The summed E-state index contributed by atoms with van der Waals surface area (Å²) in [5.74, 6) is -1.58. The number of ether oxygens (including phenoxy) is 1. The second-order valence-electron chi connectivity index (χ2n) is 6.38. The molecule has 0 spiro atoms. The second kappa shape index (κ2) is 9.63. The Labute approximate surface area is 190 Å². The van der Waals surface area contributed by atoms with E-state index in [1.54, 1.807) is 30.3 Å². The van der Waals surface area contributed by atoms with Crippen LogP contribution in [0, 0.1) is 0 Å². The summed E-state index contributed by atoms with van der Waals surface area (Å²) in [6, 6.07) is 10.7. The third-order valence-electron chi connectivity index (χ3n) is 4.03. The highest BCUT2D eigenvalue weighted by Crippen LogP contribution is 2.27. The van der Waals surface area contributed by atoms with Crippen LogP contribution in [-0.2, 0) is 14.4 Å². The maximum Gasteiger partial charge on any atom is 0.329 e. The molecule has 0 aromatic heterocycles. The average Bonchev–Trinajstić information content (AvgIpc) is 2.96. The molecule has 1 aliphatic rings. The van der Waals surface area contributed by atoms with E-state index < -0.39 is 30.3 Å². The van der Waals surface area contributed by atoms with Crippen molar-refractivity contribution in [1.82, 2.24) is 10.2 Å². The Kier molecular flexibility index (Phi) is 6.93. The van der Waals surface area contributed by atoms with Crippen molar-refractivity contribution in [2.24, 2.45) is 5.73 Å². The van der Waals surface area contributed by atoms with Crippen LogP contribution in [0.5, 0.6) is 5.75 Å². The third-order valence-corrected chi connectivity index (χ3v) is 4.85. The van der Waals surface area contributed by atoms with E-state index >= 15 is 0 Å². The van der Waals surface area contributed by atoms with Gasteiger partial charge in [0.15, 0.2) is 6.61 Å². The van der Waals surface area contributed by atoms with Gasteiger partial charge in [-0.3, -0.25) is 14.4 Å². The highest BCUT2D eigenvalue weighted by atomic mass is 79.9. The van der Waals surface area contributed by atoms with E-state index in [1.807, 2.05) is 0 Å². The molecule has 0 unspecified atom stereocenters. The zero-order chi connectivity index (χ0) is 22.5. The lowest BCUT2D eigenvalue weighted by Crippen LogP contribution is -2.38. The molecule has 1 fully saturated rings. The zero-order valence-corrected chi connectivity index (χ0v) is 18.2. The molecule has 1 heterocycles. The van der Waals surface area contributed by atoms with Gasteiger partial charge in [-0.25, -0.2) is 9.69 Å². The lowest BCUT2D eigenvalue weighted by Gasteiger charge is -2.12. The van der Waals surface area contributed by atoms with Crippen molar-refractivity contribution in [3.63, 3.8) is 0 Å². The number of anilines is 1. The summed E-state index contributed by atoms with van der Waals surface area (Å²) < 4.78 is 6.01. The van der Waals surface area contributed by atoms with Crippen LogP contribution in [0.2, 0.25) is 5.02 Å². The van der Waals surface area contributed by atoms with Crippen LogP contribution in [0.15, 0.2) is 52.6 Å². The number of amides is 5. The first-order valence-electron chi connectivity index (χ1n) is 8.83. The van der Waals surface area contributed by atoms with Gasteiger partial charge in [-0.2, -0.15) is 0 Å². The Morgan fingerprint density at radius 1 is 1.19 bits per heavy atom. The largest absolute Gasteiger partial charge is 0.482 e. The van der Waals surface area contributed by atoms with E-state index in [0.717, 1.165) is 9.37 Å². The number of nitrogens with two attached hydrogens (primary N) is 1. The van der Waals surface area contributed by atoms with Crippen molar-refractivity contribution in [2.45, 2.75) is 0 Å². The molecule has 0 radical (unpaired) electrons. The summed E-state index contributed by atoms with van der Waals surface area (Å²) >= 11 is 9.40. The van der Waals surface area contributed by atoms with E-state index in [-0.39, 0.29) is 23.1 Å². The third kappa shape index (κ3) is 5.83. The lowest BCUT2D eigenvalue weighted by molar-refractivity contribution is -0.127. The predicted molar refractivity (Wildman–Crippen MR) is 117 cm³/mol. The normalized spacial score (nSPS) is 14.5. The number of hydrogen-bond donors (Lipinski definition) is 3. The first-order valence-corrected chi connectivity index (χ1v) is 10.0. The molecule has 0 atom stereocenters. The molecule has 160 valence electrons. The Balaban J connectivity index is 1.67. The number of primary amides is 1. The monoisotopic (exact) mass is 506 g/mol. The summed E-state index contributed by atoms with van der Waals surface area (Å²) in [7, 11) is 0. The van der Waals surface area contributed by atoms with Crippen LogP contribution in [0.1, 0.15) is 5.56 Å². The summed E-state index contributed by atoms with van der Waals surface area (Å²) in [5.41, 5.74) is 6.05.